The van der Waals surface area contributed by atoms with E-state index < -0.39 is 5.60 Å². The lowest BCUT2D eigenvalue weighted by Gasteiger charge is -2.25. The number of ether oxygens (including phenoxy) is 1. The van der Waals surface area contributed by atoms with Crippen LogP contribution in [0.25, 0.3) is 0 Å². The minimum Gasteiger partial charge on any atom is -0.497 e. The van der Waals surface area contributed by atoms with Crippen LogP contribution in [0.1, 0.15) is 32.3 Å². The lowest BCUT2D eigenvalue weighted by atomic mass is 9.97. The monoisotopic (exact) mass is 299 g/mol. The van der Waals surface area contributed by atoms with Crippen molar-refractivity contribution in [3.05, 3.63) is 28.8 Å². The predicted octanol–water partition coefficient (Wildman–Crippen LogP) is 2.56. The average molecular weight is 300 g/mol. The average Bonchev–Trinajstić information content (AvgIpc) is 2.47. The molecule has 1 aromatic rings. The summed E-state index contributed by atoms with van der Waals surface area (Å²) in [5.41, 5.74) is -0.0965. The molecule has 0 bridgehead atoms. The quantitative estimate of drug-likeness (QED) is 0.813. The van der Waals surface area contributed by atoms with Crippen LogP contribution in [0.2, 0.25) is 5.02 Å². The second-order valence-electron chi connectivity index (χ2n) is 4.84. The highest BCUT2D eigenvalue weighted by molar-refractivity contribution is 6.31. The third-order valence-corrected chi connectivity index (χ3v) is 3.89. The van der Waals surface area contributed by atoms with Crippen molar-refractivity contribution in [3.63, 3.8) is 0 Å². The van der Waals surface area contributed by atoms with Crippen molar-refractivity contribution in [2.45, 2.75) is 38.7 Å². The van der Waals surface area contributed by atoms with Gasteiger partial charge in [0.2, 0.25) is 5.91 Å². The van der Waals surface area contributed by atoms with Crippen molar-refractivity contribution in [1.29, 1.82) is 0 Å². The zero-order valence-electron chi connectivity index (χ0n) is 12.2. The Bertz CT molecular complexity index is 458. The van der Waals surface area contributed by atoms with Crippen LogP contribution in [0, 0.1) is 0 Å². The topological polar surface area (TPSA) is 58.6 Å². The number of halogens is 1. The fraction of sp³-hybridized carbons (Fsp3) is 0.533. The molecule has 0 atom stereocenters. The van der Waals surface area contributed by atoms with E-state index in [4.69, 9.17) is 16.3 Å². The molecule has 112 valence electrons. The molecule has 0 fully saturated rings. The minimum absolute atomic E-state index is 0.155. The van der Waals surface area contributed by atoms with Crippen LogP contribution < -0.4 is 10.1 Å². The number of rotatable bonds is 7. The first-order valence-corrected chi connectivity index (χ1v) is 7.13. The van der Waals surface area contributed by atoms with Crippen molar-refractivity contribution in [2.24, 2.45) is 0 Å². The molecule has 0 aliphatic carbocycles. The molecule has 0 saturated carbocycles. The van der Waals surface area contributed by atoms with Crippen LogP contribution in [-0.2, 0) is 11.2 Å². The van der Waals surface area contributed by atoms with Crippen LogP contribution in [0.5, 0.6) is 5.75 Å². The lowest BCUT2D eigenvalue weighted by molar-refractivity contribution is -0.121. The molecule has 0 aliphatic heterocycles. The van der Waals surface area contributed by atoms with E-state index in [0.29, 0.717) is 23.6 Å². The van der Waals surface area contributed by atoms with Gasteiger partial charge in [0, 0.05) is 11.6 Å². The van der Waals surface area contributed by atoms with Gasteiger partial charge in [-0.1, -0.05) is 31.5 Å². The zero-order chi connectivity index (χ0) is 15.2. The van der Waals surface area contributed by atoms with Crippen LogP contribution in [0.3, 0.4) is 0 Å². The van der Waals surface area contributed by atoms with Gasteiger partial charge < -0.3 is 15.2 Å². The molecule has 1 aromatic carbocycles. The van der Waals surface area contributed by atoms with Crippen LogP contribution >= 0.6 is 11.6 Å². The number of benzene rings is 1. The van der Waals surface area contributed by atoms with Gasteiger partial charge in [-0.05, 0) is 30.5 Å². The molecule has 4 nitrogen and oxygen atoms in total. The molecule has 0 radical (unpaired) electrons. The second kappa shape index (κ2) is 7.50. The minimum atomic E-state index is -0.834. The maximum Gasteiger partial charge on any atom is 0.224 e. The maximum atomic E-state index is 11.9. The van der Waals surface area contributed by atoms with Crippen molar-refractivity contribution in [1.82, 2.24) is 5.32 Å². The third-order valence-electron chi connectivity index (χ3n) is 3.54. The first-order chi connectivity index (χ1) is 9.44. The number of aliphatic hydroxyl groups is 1. The third kappa shape index (κ3) is 4.69. The molecule has 2 N–H and O–H groups in total. The van der Waals surface area contributed by atoms with E-state index >= 15 is 0 Å². The SMILES string of the molecule is CCC(O)(CC)CNC(=O)Cc1ccc(OC)cc1Cl. The summed E-state index contributed by atoms with van der Waals surface area (Å²) in [5.74, 6) is 0.503. The van der Waals surface area contributed by atoms with Crippen molar-refractivity contribution >= 4 is 17.5 Å². The number of amides is 1. The maximum absolute atomic E-state index is 11.9. The number of hydrogen-bond donors (Lipinski definition) is 2. The van der Waals surface area contributed by atoms with E-state index in [1.165, 1.54) is 0 Å². The summed E-state index contributed by atoms with van der Waals surface area (Å²) in [7, 11) is 1.56. The van der Waals surface area contributed by atoms with E-state index in [1.807, 2.05) is 13.8 Å². The number of carbonyl (C=O) groups excluding carboxylic acids is 1. The lowest BCUT2D eigenvalue weighted by Crippen LogP contribution is -2.42. The zero-order valence-corrected chi connectivity index (χ0v) is 13.0. The number of nitrogens with one attached hydrogen (secondary N) is 1. The summed E-state index contributed by atoms with van der Waals surface area (Å²) in [6.45, 7) is 4.05. The molecule has 0 heterocycles. The Balaban J connectivity index is 2.59. The number of hydrogen-bond acceptors (Lipinski definition) is 3. The molecular weight excluding hydrogens is 278 g/mol. The molecule has 0 unspecified atom stereocenters. The Labute approximate surface area is 125 Å². The number of carbonyl (C=O) groups is 1. The fourth-order valence-corrected chi connectivity index (χ4v) is 2.03. The first kappa shape index (κ1) is 16.8. The molecule has 0 aromatic heterocycles. The molecule has 5 heteroatoms. The van der Waals surface area contributed by atoms with Gasteiger partial charge in [-0.25, -0.2) is 0 Å². The molecule has 20 heavy (non-hydrogen) atoms. The van der Waals surface area contributed by atoms with E-state index in [0.717, 1.165) is 5.56 Å². The molecule has 1 amide bonds. The Morgan fingerprint density at radius 2 is 2.05 bits per heavy atom. The summed E-state index contributed by atoms with van der Waals surface area (Å²) in [5, 5.41) is 13.4. The summed E-state index contributed by atoms with van der Waals surface area (Å²) in [4.78, 5) is 11.9. The highest BCUT2D eigenvalue weighted by atomic mass is 35.5. The van der Waals surface area contributed by atoms with Crippen LogP contribution in [0.4, 0.5) is 0 Å². The van der Waals surface area contributed by atoms with Gasteiger partial charge in [-0.2, -0.15) is 0 Å². The fourth-order valence-electron chi connectivity index (χ4n) is 1.80. The number of methoxy groups -OCH3 is 1. The Morgan fingerprint density at radius 1 is 1.40 bits per heavy atom. The second-order valence-corrected chi connectivity index (χ2v) is 5.25. The normalized spacial score (nSPS) is 11.2. The molecule has 0 saturated heterocycles. The van der Waals surface area contributed by atoms with E-state index in [1.54, 1.807) is 25.3 Å². The standard InChI is InChI=1S/C15H22ClNO3/c1-4-15(19,5-2)10-17-14(18)8-11-6-7-12(20-3)9-13(11)16/h6-7,9,19H,4-5,8,10H2,1-3H3,(H,17,18). The Morgan fingerprint density at radius 3 is 2.55 bits per heavy atom. The first-order valence-electron chi connectivity index (χ1n) is 6.75. The van der Waals surface area contributed by atoms with Gasteiger partial charge in [0.1, 0.15) is 5.75 Å². The molecule has 1 rings (SSSR count). The molecule has 0 spiro atoms. The summed E-state index contributed by atoms with van der Waals surface area (Å²) in [6, 6.07) is 5.22. The Kier molecular flexibility index (Phi) is 6.30. The molecular formula is C15H22ClNO3. The van der Waals surface area contributed by atoms with Crippen LogP contribution in [-0.4, -0.2) is 30.3 Å². The van der Waals surface area contributed by atoms with E-state index in [2.05, 4.69) is 5.32 Å². The van der Waals surface area contributed by atoms with Crippen LogP contribution in [0.15, 0.2) is 18.2 Å². The van der Waals surface area contributed by atoms with Gasteiger partial charge in [0.15, 0.2) is 0 Å². The summed E-state index contributed by atoms with van der Waals surface area (Å²) >= 11 is 6.09. The van der Waals surface area contributed by atoms with Gasteiger partial charge in [-0.3, -0.25) is 4.79 Å². The van der Waals surface area contributed by atoms with Gasteiger partial charge >= 0.3 is 0 Å². The van der Waals surface area contributed by atoms with Crippen molar-refractivity contribution in [3.8, 4) is 5.75 Å². The highest BCUT2D eigenvalue weighted by Crippen LogP contribution is 2.22. The van der Waals surface area contributed by atoms with Gasteiger partial charge in [-0.15, -0.1) is 0 Å². The van der Waals surface area contributed by atoms with Crippen molar-refractivity contribution < 1.29 is 14.6 Å². The predicted molar refractivity (Wildman–Crippen MR) is 80.2 cm³/mol. The van der Waals surface area contributed by atoms with Gasteiger partial charge in [0.05, 0.1) is 19.1 Å². The molecule has 0 aliphatic rings. The summed E-state index contributed by atoms with van der Waals surface area (Å²) in [6.07, 6.45) is 1.40. The smallest absolute Gasteiger partial charge is 0.224 e. The largest absolute Gasteiger partial charge is 0.497 e. The van der Waals surface area contributed by atoms with E-state index in [-0.39, 0.29) is 18.9 Å². The highest BCUT2D eigenvalue weighted by Gasteiger charge is 2.22. The summed E-state index contributed by atoms with van der Waals surface area (Å²) < 4.78 is 5.06. The van der Waals surface area contributed by atoms with Crippen molar-refractivity contribution in [2.75, 3.05) is 13.7 Å². The van der Waals surface area contributed by atoms with E-state index in [9.17, 15) is 9.90 Å². The van der Waals surface area contributed by atoms with Gasteiger partial charge in [0.25, 0.3) is 0 Å². The Hall–Kier alpha value is -1.26.